The lowest BCUT2D eigenvalue weighted by molar-refractivity contribution is -0.137. The van der Waals surface area contributed by atoms with Gasteiger partial charge in [-0.1, -0.05) is 50.5 Å². The number of carbonyl (C=O) groups excluding carboxylic acids is 1. The number of aliphatic carboxylic acids is 1. The molecule has 2 N–H and O–H groups in total. The highest BCUT2D eigenvalue weighted by Crippen LogP contribution is 2.33. The fourth-order valence-corrected chi connectivity index (χ4v) is 3.17. The number of unbranched alkanes of at least 4 members (excludes halogenated alkanes) is 3. The van der Waals surface area contributed by atoms with Crippen LogP contribution >= 0.6 is 0 Å². The zero-order valence-corrected chi connectivity index (χ0v) is 14.8. The number of carboxylic acids is 1. The summed E-state index contributed by atoms with van der Waals surface area (Å²) in [5, 5.41) is 18.6. The minimum atomic E-state index is -0.767. The average molecular weight is 336 g/mol. The predicted molar refractivity (Wildman–Crippen MR) is 95.8 cm³/mol. The number of allylic oxidation sites excluding steroid dienone is 3. The summed E-state index contributed by atoms with van der Waals surface area (Å²) in [6.45, 7) is 2.14. The molecule has 1 aliphatic rings. The molecule has 0 radical (unpaired) electrons. The van der Waals surface area contributed by atoms with Gasteiger partial charge in [0.15, 0.2) is 0 Å². The zero-order chi connectivity index (χ0) is 17.8. The van der Waals surface area contributed by atoms with E-state index in [-0.39, 0.29) is 18.3 Å². The highest BCUT2D eigenvalue weighted by molar-refractivity contribution is 5.83. The minimum Gasteiger partial charge on any atom is -0.481 e. The Balaban J connectivity index is 2.37. The van der Waals surface area contributed by atoms with Crippen molar-refractivity contribution in [3.8, 4) is 0 Å². The van der Waals surface area contributed by atoms with E-state index < -0.39 is 12.1 Å². The monoisotopic (exact) mass is 336 g/mol. The van der Waals surface area contributed by atoms with Gasteiger partial charge in [-0.25, -0.2) is 0 Å². The molecule has 0 saturated heterocycles. The van der Waals surface area contributed by atoms with Gasteiger partial charge in [0.1, 0.15) is 5.78 Å². The van der Waals surface area contributed by atoms with E-state index >= 15 is 0 Å². The van der Waals surface area contributed by atoms with Crippen molar-refractivity contribution in [3.63, 3.8) is 0 Å². The lowest BCUT2D eigenvalue weighted by Crippen LogP contribution is -2.13. The highest BCUT2D eigenvalue weighted by Gasteiger charge is 2.31. The summed E-state index contributed by atoms with van der Waals surface area (Å²) in [4.78, 5) is 22.5. The second-order valence-corrected chi connectivity index (χ2v) is 6.72. The summed E-state index contributed by atoms with van der Waals surface area (Å²) in [5.74, 6) is -0.223. The van der Waals surface area contributed by atoms with Crippen LogP contribution < -0.4 is 0 Å². The van der Waals surface area contributed by atoms with E-state index in [1.54, 1.807) is 0 Å². The van der Waals surface area contributed by atoms with Crippen LogP contribution in [-0.2, 0) is 9.59 Å². The van der Waals surface area contributed by atoms with Crippen LogP contribution in [0.3, 0.4) is 0 Å². The number of aliphatic hydroxyl groups excluding tert-OH is 1. The molecule has 1 saturated carbocycles. The Morgan fingerprint density at radius 3 is 2.79 bits per heavy atom. The van der Waals surface area contributed by atoms with Crippen molar-refractivity contribution < 1.29 is 19.8 Å². The van der Waals surface area contributed by atoms with Crippen LogP contribution in [0.25, 0.3) is 0 Å². The summed E-state index contributed by atoms with van der Waals surface area (Å²) in [6, 6.07) is 0. The van der Waals surface area contributed by atoms with Crippen molar-refractivity contribution in [1.82, 2.24) is 0 Å². The number of aliphatic hydroxyl groups is 1. The molecule has 0 bridgehead atoms. The highest BCUT2D eigenvalue weighted by atomic mass is 16.4. The van der Waals surface area contributed by atoms with E-state index in [0.29, 0.717) is 25.0 Å². The number of rotatable bonds is 12. The Bertz CT molecular complexity index is 439. The number of ketones is 1. The van der Waals surface area contributed by atoms with Crippen LogP contribution in [0.4, 0.5) is 0 Å². The van der Waals surface area contributed by atoms with E-state index in [2.05, 4.69) is 6.92 Å². The van der Waals surface area contributed by atoms with Gasteiger partial charge < -0.3 is 10.2 Å². The molecular formula is C20H32O4. The van der Waals surface area contributed by atoms with E-state index in [1.807, 2.05) is 24.3 Å². The van der Waals surface area contributed by atoms with Crippen LogP contribution in [0.2, 0.25) is 0 Å². The van der Waals surface area contributed by atoms with E-state index in [0.717, 1.165) is 38.5 Å². The van der Waals surface area contributed by atoms with Gasteiger partial charge >= 0.3 is 5.97 Å². The Morgan fingerprint density at radius 2 is 2.08 bits per heavy atom. The molecule has 136 valence electrons. The Kier molecular flexibility index (Phi) is 10.3. The lowest BCUT2D eigenvalue weighted by Gasteiger charge is -2.13. The van der Waals surface area contributed by atoms with Gasteiger partial charge in [0.25, 0.3) is 0 Å². The van der Waals surface area contributed by atoms with Gasteiger partial charge in [0, 0.05) is 18.8 Å². The maximum atomic E-state index is 12.0. The summed E-state index contributed by atoms with van der Waals surface area (Å²) in [6.07, 6.45) is 15.4. The van der Waals surface area contributed by atoms with Crippen molar-refractivity contribution in [2.75, 3.05) is 0 Å². The summed E-state index contributed by atoms with van der Waals surface area (Å²) in [7, 11) is 0. The maximum absolute atomic E-state index is 12.0. The predicted octanol–water partition coefficient (Wildman–Crippen LogP) is 4.28. The lowest BCUT2D eigenvalue weighted by atomic mass is 9.91. The molecule has 0 amide bonds. The molecule has 24 heavy (non-hydrogen) atoms. The Labute approximate surface area is 145 Å². The summed E-state index contributed by atoms with van der Waals surface area (Å²) >= 11 is 0. The van der Waals surface area contributed by atoms with Crippen molar-refractivity contribution in [1.29, 1.82) is 0 Å². The van der Waals surface area contributed by atoms with E-state index in [9.17, 15) is 14.7 Å². The first-order valence-electron chi connectivity index (χ1n) is 9.30. The topological polar surface area (TPSA) is 74.6 Å². The van der Waals surface area contributed by atoms with E-state index in [1.165, 1.54) is 0 Å². The summed E-state index contributed by atoms with van der Waals surface area (Å²) in [5.41, 5.74) is 0. The van der Waals surface area contributed by atoms with Crippen LogP contribution in [0.15, 0.2) is 24.3 Å². The first-order chi connectivity index (χ1) is 11.5. The molecule has 0 aliphatic heterocycles. The fraction of sp³-hybridized carbons (Fsp3) is 0.700. The third-order valence-corrected chi connectivity index (χ3v) is 4.66. The molecule has 0 aromatic carbocycles. The molecule has 1 fully saturated rings. The summed E-state index contributed by atoms with van der Waals surface area (Å²) < 4.78 is 0. The molecule has 0 heterocycles. The smallest absolute Gasteiger partial charge is 0.303 e. The number of carboxylic acid groups (broad SMARTS) is 1. The van der Waals surface area contributed by atoms with Gasteiger partial charge in [0.05, 0.1) is 6.10 Å². The molecular weight excluding hydrogens is 304 g/mol. The number of hydrogen-bond acceptors (Lipinski definition) is 3. The third kappa shape index (κ3) is 8.44. The molecule has 1 aliphatic carbocycles. The van der Waals surface area contributed by atoms with Crippen molar-refractivity contribution >= 4 is 11.8 Å². The van der Waals surface area contributed by atoms with Gasteiger partial charge in [0.2, 0.25) is 0 Å². The molecule has 4 nitrogen and oxygen atoms in total. The molecule has 0 spiro atoms. The maximum Gasteiger partial charge on any atom is 0.303 e. The molecule has 0 aromatic heterocycles. The van der Waals surface area contributed by atoms with Gasteiger partial charge in [-0.05, 0) is 38.0 Å². The molecule has 4 heteroatoms. The van der Waals surface area contributed by atoms with Crippen molar-refractivity contribution in [3.05, 3.63) is 24.3 Å². The first-order valence-corrected chi connectivity index (χ1v) is 9.30. The third-order valence-electron chi connectivity index (χ3n) is 4.66. The molecule has 0 aromatic rings. The number of carbonyl (C=O) groups is 2. The van der Waals surface area contributed by atoms with E-state index in [4.69, 9.17) is 5.11 Å². The Hall–Kier alpha value is -1.42. The largest absolute Gasteiger partial charge is 0.481 e. The molecule has 1 rings (SSSR count). The first kappa shape index (κ1) is 20.6. The second kappa shape index (κ2) is 12.0. The second-order valence-electron chi connectivity index (χ2n) is 6.72. The zero-order valence-electron chi connectivity index (χ0n) is 14.8. The van der Waals surface area contributed by atoms with Crippen molar-refractivity contribution in [2.45, 2.75) is 77.2 Å². The molecule has 2 unspecified atom stereocenters. The molecule has 3 atom stereocenters. The van der Waals surface area contributed by atoms with Gasteiger partial charge in [-0.2, -0.15) is 0 Å². The van der Waals surface area contributed by atoms with Crippen LogP contribution in [-0.4, -0.2) is 28.1 Å². The van der Waals surface area contributed by atoms with Gasteiger partial charge in [-0.3, -0.25) is 9.59 Å². The Morgan fingerprint density at radius 1 is 1.29 bits per heavy atom. The SMILES string of the molecule is CCCCC[C@H](O)C=CC1CCC(=O)C1CC=CCCCC(=O)O. The van der Waals surface area contributed by atoms with Crippen LogP contribution in [0, 0.1) is 11.8 Å². The van der Waals surface area contributed by atoms with Gasteiger partial charge in [-0.15, -0.1) is 0 Å². The van der Waals surface area contributed by atoms with Crippen LogP contribution in [0.1, 0.15) is 71.1 Å². The average Bonchev–Trinajstić information content (AvgIpc) is 2.89. The van der Waals surface area contributed by atoms with Crippen LogP contribution in [0.5, 0.6) is 0 Å². The number of hydrogen-bond donors (Lipinski definition) is 2. The normalized spacial score (nSPS) is 22.7. The van der Waals surface area contributed by atoms with Crippen molar-refractivity contribution in [2.24, 2.45) is 11.8 Å². The fourth-order valence-electron chi connectivity index (χ4n) is 3.17. The number of Topliss-reactive ketones (excluding diaryl/α,β-unsaturated/α-hetero) is 1. The minimum absolute atomic E-state index is 0.0137. The quantitative estimate of drug-likeness (QED) is 0.412. The standard InChI is InChI=1S/C20H32O4/c1-2-3-6-9-17(21)14-12-16-13-15-19(22)18(16)10-7-4-5-8-11-20(23)24/h4,7,12,14,16-18,21H,2-3,5-6,8-11,13,15H2,1H3,(H,23,24)/t16?,17-,18?/m0/s1.